The molecule has 0 atom stereocenters. The van der Waals surface area contributed by atoms with E-state index in [0.29, 0.717) is 0 Å². The van der Waals surface area contributed by atoms with Gasteiger partial charge in [0.1, 0.15) is 0 Å². The minimum Gasteiger partial charge on any atom is -0.365 e. The number of benzene rings is 2. The lowest BCUT2D eigenvalue weighted by atomic mass is 9.78. The van der Waals surface area contributed by atoms with Gasteiger partial charge in [0, 0.05) is 23.8 Å². The van der Waals surface area contributed by atoms with Crippen LogP contribution in [-0.2, 0) is 19.3 Å². The van der Waals surface area contributed by atoms with Crippen LogP contribution in [0.1, 0.15) is 58.3 Å². The normalized spacial score (nSPS) is 16.6. The van der Waals surface area contributed by atoms with Gasteiger partial charge in [-0.1, -0.05) is 66.8 Å². The van der Waals surface area contributed by atoms with Crippen molar-refractivity contribution in [1.29, 1.82) is 0 Å². The molecule has 0 fully saturated rings. The highest BCUT2D eigenvalue weighted by atomic mass is 14.9. The molecule has 2 bridgehead atoms. The number of aromatic nitrogens is 1. The molecule has 3 aliphatic carbocycles. The monoisotopic (exact) mass is 468 g/mol. The molecule has 3 aromatic rings. The van der Waals surface area contributed by atoms with E-state index in [4.69, 9.17) is 0 Å². The second-order valence-corrected chi connectivity index (χ2v) is 9.95. The molecule has 0 unspecified atom stereocenters. The molecule has 0 radical (unpaired) electrons. The minimum absolute atomic E-state index is 1.05. The van der Waals surface area contributed by atoms with Crippen LogP contribution < -0.4 is 5.32 Å². The topological polar surface area (TPSA) is 24.9 Å². The molecule has 0 spiro atoms. The Labute approximate surface area is 214 Å². The molecule has 2 aliphatic heterocycles. The molecular weight excluding hydrogens is 436 g/mol. The number of rotatable bonds is 2. The average molecular weight is 469 g/mol. The SMILES string of the molecule is C1=CC2=CC=C(CC2)N1.Cc1ccc(/C=C\c2cccc3c2CCc2c-3ccc3c2CCC=C3)cn1. The summed E-state index contributed by atoms with van der Waals surface area (Å²) in [5.41, 5.74) is 15.2. The van der Waals surface area contributed by atoms with Gasteiger partial charge in [-0.05, 0) is 114 Å². The van der Waals surface area contributed by atoms with Crippen LogP contribution in [0.4, 0.5) is 0 Å². The number of nitrogens with one attached hydrogen (secondary N) is 1. The van der Waals surface area contributed by atoms with Gasteiger partial charge in [0.2, 0.25) is 0 Å². The predicted octanol–water partition coefficient (Wildman–Crippen LogP) is 7.99. The number of allylic oxidation sites excluding steroid dienone is 6. The molecule has 1 aromatic heterocycles. The van der Waals surface area contributed by atoms with Gasteiger partial charge in [0.25, 0.3) is 0 Å². The van der Waals surface area contributed by atoms with E-state index in [-0.39, 0.29) is 0 Å². The quantitative estimate of drug-likeness (QED) is 0.412. The van der Waals surface area contributed by atoms with Crippen molar-refractivity contribution >= 4 is 18.2 Å². The first-order valence-corrected chi connectivity index (χ1v) is 13.1. The maximum Gasteiger partial charge on any atom is 0.0373 e. The highest BCUT2D eigenvalue weighted by Crippen LogP contribution is 2.39. The Bertz CT molecular complexity index is 1450. The van der Waals surface area contributed by atoms with Crippen molar-refractivity contribution < 1.29 is 0 Å². The van der Waals surface area contributed by atoms with Gasteiger partial charge in [0.05, 0.1) is 0 Å². The number of hydrogen-bond donors (Lipinski definition) is 1. The number of pyridine rings is 1. The molecule has 1 N–H and O–H groups in total. The van der Waals surface area contributed by atoms with Crippen molar-refractivity contribution in [1.82, 2.24) is 10.3 Å². The van der Waals surface area contributed by atoms with Crippen LogP contribution in [-0.4, -0.2) is 4.98 Å². The molecule has 8 rings (SSSR count). The predicted molar refractivity (Wildman–Crippen MR) is 152 cm³/mol. The summed E-state index contributed by atoms with van der Waals surface area (Å²) in [4.78, 5) is 4.39. The van der Waals surface area contributed by atoms with E-state index in [1.165, 1.54) is 64.8 Å². The zero-order chi connectivity index (χ0) is 24.3. The lowest BCUT2D eigenvalue weighted by Gasteiger charge is -2.26. The Hall–Kier alpha value is -3.91. The van der Waals surface area contributed by atoms with Gasteiger partial charge < -0.3 is 5.32 Å². The first kappa shape index (κ1) is 22.5. The van der Waals surface area contributed by atoms with E-state index in [1.54, 1.807) is 11.1 Å². The van der Waals surface area contributed by atoms with Gasteiger partial charge in [-0.2, -0.15) is 0 Å². The van der Waals surface area contributed by atoms with E-state index in [9.17, 15) is 0 Å². The van der Waals surface area contributed by atoms with Crippen LogP contribution in [0, 0.1) is 6.92 Å². The van der Waals surface area contributed by atoms with Crippen LogP contribution in [0.5, 0.6) is 0 Å². The highest BCUT2D eigenvalue weighted by Gasteiger charge is 2.22. The van der Waals surface area contributed by atoms with Crippen molar-refractivity contribution in [2.24, 2.45) is 0 Å². The summed E-state index contributed by atoms with van der Waals surface area (Å²) in [6.07, 6.45) is 26.4. The fourth-order valence-corrected chi connectivity index (χ4v) is 5.61. The average Bonchev–Trinajstić information content (AvgIpc) is 3.31. The van der Waals surface area contributed by atoms with Crippen molar-refractivity contribution in [3.63, 3.8) is 0 Å². The zero-order valence-corrected chi connectivity index (χ0v) is 20.9. The summed E-state index contributed by atoms with van der Waals surface area (Å²) in [5, 5.41) is 3.20. The van der Waals surface area contributed by atoms with Gasteiger partial charge >= 0.3 is 0 Å². The van der Waals surface area contributed by atoms with Gasteiger partial charge in [0.15, 0.2) is 0 Å². The standard InChI is InChI=1S/C26H23N.C8H9N/c1-18-9-10-19(17-27-18)11-12-21-6-4-8-24-23(21)15-16-25-22-7-3-2-5-20(22)13-14-26(24)25;1-3-8-4-2-7(1)5-6-9-8/h2,4-6,8-14,17H,3,7,15-16H2,1H3;1,3,5-6,9H,2,4H2/b12-11-;. The van der Waals surface area contributed by atoms with Crippen LogP contribution in [0.25, 0.3) is 29.4 Å². The summed E-state index contributed by atoms with van der Waals surface area (Å²) in [6.45, 7) is 2.02. The molecule has 2 nitrogen and oxygen atoms in total. The molecule has 3 heterocycles. The summed E-state index contributed by atoms with van der Waals surface area (Å²) in [5.74, 6) is 0. The number of hydrogen-bond acceptors (Lipinski definition) is 2. The molecular formula is C34H32N2. The Balaban J connectivity index is 0.000000223. The maximum atomic E-state index is 4.39. The second kappa shape index (κ2) is 9.99. The molecule has 0 saturated carbocycles. The van der Waals surface area contributed by atoms with Crippen molar-refractivity contribution in [3.8, 4) is 11.1 Å². The summed E-state index contributed by atoms with van der Waals surface area (Å²) >= 11 is 0. The van der Waals surface area contributed by atoms with Crippen LogP contribution in [0.2, 0.25) is 0 Å². The summed E-state index contributed by atoms with van der Waals surface area (Å²) < 4.78 is 0. The number of nitrogens with zero attached hydrogens (tertiary/aromatic N) is 1. The van der Waals surface area contributed by atoms with Crippen LogP contribution in [0.3, 0.4) is 0 Å². The maximum absolute atomic E-state index is 4.39. The fourth-order valence-electron chi connectivity index (χ4n) is 5.61. The van der Waals surface area contributed by atoms with Crippen molar-refractivity contribution in [2.75, 3.05) is 0 Å². The smallest absolute Gasteiger partial charge is 0.0373 e. The lowest BCUT2D eigenvalue weighted by Crippen LogP contribution is -2.10. The van der Waals surface area contributed by atoms with Gasteiger partial charge in [-0.25, -0.2) is 0 Å². The highest BCUT2D eigenvalue weighted by molar-refractivity contribution is 5.82. The first-order chi connectivity index (χ1) is 17.7. The van der Waals surface area contributed by atoms with Crippen LogP contribution in [0.15, 0.2) is 90.4 Å². The third-order valence-corrected chi connectivity index (χ3v) is 7.59. The zero-order valence-electron chi connectivity index (χ0n) is 20.9. The van der Waals surface area contributed by atoms with E-state index in [1.807, 2.05) is 19.3 Å². The summed E-state index contributed by atoms with van der Waals surface area (Å²) in [7, 11) is 0. The second-order valence-electron chi connectivity index (χ2n) is 9.95. The Kier molecular flexibility index (Phi) is 6.26. The third-order valence-electron chi connectivity index (χ3n) is 7.59. The number of fused-ring (bicyclic) bond motifs is 8. The molecule has 0 amide bonds. The van der Waals surface area contributed by atoms with Gasteiger partial charge in [-0.3, -0.25) is 4.98 Å². The Morgan fingerprint density at radius 1 is 0.778 bits per heavy atom. The molecule has 2 heteroatoms. The lowest BCUT2D eigenvalue weighted by molar-refractivity contribution is 0.874. The Morgan fingerprint density at radius 2 is 1.69 bits per heavy atom. The van der Waals surface area contributed by atoms with E-state index < -0.39 is 0 Å². The molecule has 178 valence electrons. The fraction of sp³-hybridized carbons (Fsp3) is 0.206. The minimum atomic E-state index is 1.05. The van der Waals surface area contributed by atoms with E-state index in [2.05, 4.69) is 95.3 Å². The van der Waals surface area contributed by atoms with E-state index in [0.717, 1.165) is 24.1 Å². The molecule has 36 heavy (non-hydrogen) atoms. The molecule has 5 aliphatic rings. The summed E-state index contributed by atoms with van der Waals surface area (Å²) in [6, 6.07) is 15.6. The van der Waals surface area contributed by atoms with Gasteiger partial charge in [-0.15, -0.1) is 0 Å². The van der Waals surface area contributed by atoms with E-state index >= 15 is 0 Å². The first-order valence-electron chi connectivity index (χ1n) is 13.1. The van der Waals surface area contributed by atoms with Crippen molar-refractivity contribution in [2.45, 2.75) is 45.4 Å². The van der Waals surface area contributed by atoms with Crippen molar-refractivity contribution in [3.05, 3.63) is 130 Å². The number of aryl methyl sites for hydroxylation is 1. The largest absolute Gasteiger partial charge is 0.365 e. The third kappa shape index (κ3) is 4.64. The molecule has 2 aromatic carbocycles. The van der Waals surface area contributed by atoms with Crippen LogP contribution >= 0.6 is 0 Å². The Morgan fingerprint density at radius 3 is 2.56 bits per heavy atom. The molecule has 0 saturated heterocycles.